The van der Waals surface area contributed by atoms with Crippen LogP contribution in [0, 0.1) is 6.92 Å². The van der Waals surface area contributed by atoms with E-state index in [0.29, 0.717) is 18.2 Å². The summed E-state index contributed by atoms with van der Waals surface area (Å²) in [7, 11) is 0. The number of nitrogens with zero attached hydrogens (tertiary/aromatic N) is 2. The summed E-state index contributed by atoms with van der Waals surface area (Å²) in [6.07, 6.45) is 3.92. The van der Waals surface area contributed by atoms with Gasteiger partial charge in [-0.1, -0.05) is 0 Å². The van der Waals surface area contributed by atoms with Gasteiger partial charge >= 0.3 is 6.01 Å². The van der Waals surface area contributed by atoms with Crippen molar-refractivity contribution in [2.45, 2.75) is 26.2 Å². The average Bonchev–Trinajstić information content (AvgIpc) is 2.63. The number of fused-ring (bicyclic) bond motifs is 1. The highest BCUT2D eigenvalue weighted by molar-refractivity contribution is 9.10. The Morgan fingerprint density at radius 3 is 3.00 bits per heavy atom. The van der Waals surface area contributed by atoms with Gasteiger partial charge in [0.15, 0.2) is 0 Å². The molecule has 1 amide bonds. The van der Waals surface area contributed by atoms with E-state index in [1.54, 1.807) is 6.20 Å². The van der Waals surface area contributed by atoms with Crippen molar-refractivity contribution >= 4 is 27.5 Å². The Bertz CT molecular complexity index is 703. The minimum atomic E-state index is 0.0642. The van der Waals surface area contributed by atoms with Crippen LogP contribution in [0.5, 0.6) is 11.8 Å². The minimum absolute atomic E-state index is 0.0642. The number of hydrogen-bond acceptors (Lipinski definition) is 4. The number of aryl methyl sites for hydroxylation is 2. The van der Waals surface area contributed by atoms with Gasteiger partial charge in [0.05, 0.1) is 10.2 Å². The summed E-state index contributed by atoms with van der Waals surface area (Å²) in [5.41, 5.74) is 2.76. The number of amides is 1. The van der Waals surface area contributed by atoms with E-state index in [1.165, 1.54) is 0 Å². The second kappa shape index (κ2) is 5.81. The lowest BCUT2D eigenvalue weighted by molar-refractivity contribution is -0.116. The van der Waals surface area contributed by atoms with E-state index in [1.807, 2.05) is 25.1 Å². The van der Waals surface area contributed by atoms with Gasteiger partial charge in [0, 0.05) is 18.3 Å². The molecule has 0 saturated heterocycles. The van der Waals surface area contributed by atoms with E-state index in [9.17, 15) is 4.79 Å². The molecule has 21 heavy (non-hydrogen) atoms. The summed E-state index contributed by atoms with van der Waals surface area (Å²) in [5, 5.41) is 2.90. The van der Waals surface area contributed by atoms with Crippen molar-refractivity contribution in [3.05, 3.63) is 40.1 Å². The lowest BCUT2D eigenvalue weighted by atomic mass is 10.1. The highest BCUT2D eigenvalue weighted by Crippen LogP contribution is 2.28. The first-order valence-corrected chi connectivity index (χ1v) is 7.51. The van der Waals surface area contributed by atoms with E-state index in [-0.39, 0.29) is 5.91 Å². The summed E-state index contributed by atoms with van der Waals surface area (Å²) in [6.45, 7) is 1.88. The monoisotopic (exact) mass is 347 g/mol. The first-order valence-electron chi connectivity index (χ1n) is 6.71. The Labute approximate surface area is 130 Å². The maximum Gasteiger partial charge on any atom is 0.322 e. The minimum Gasteiger partial charge on any atom is -0.424 e. The molecular formula is C15H14BrN3O2. The van der Waals surface area contributed by atoms with Crippen LogP contribution in [0.4, 0.5) is 5.69 Å². The summed E-state index contributed by atoms with van der Waals surface area (Å²) in [6, 6.07) is 5.92. The Kier molecular flexibility index (Phi) is 3.88. The number of ether oxygens (including phenoxy) is 1. The van der Waals surface area contributed by atoms with E-state index in [0.717, 1.165) is 34.3 Å². The SMILES string of the molecule is Cc1nc(Oc2ccc3c(c2)CCCC(=O)N3)ncc1Br. The standard InChI is InChI=1S/C15H14BrN3O2/c1-9-12(16)8-17-15(18-9)21-11-5-6-13-10(7-11)3-2-4-14(20)19-13/h5-8H,2-4H2,1H3,(H,19,20). The molecule has 0 saturated carbocycles. The fraction of sp³-hybridized carbons (Fsp3) is 0.267. The molecule has 3 rings (SSSR count). The molecule has 1 aromatic heterocycles. The fourth-order valence-corrected chi connectivity index (χ4v) is 2.39. The van der Waals surface area contributed by atoms with Crippen LogP contribution in [-0.2, 0) is 11.2 Å². The van der Waals surface area contributed by atoms with Crippen molar-refractivity contribution in [1.82, 2.24) is 9.97 Å². The zero-order valence-corrected chi connectivity index (χ0v) is 13.1. The number of rotatable bonds is 2. The fourth-order valence-electron chi connectivity index (χ4n) is 2.20. The van der Waals surface area contributed by atoms with Gasteiger partial charge in [0.25, 0.3) is 0 Å². The van der Waals surface area contributed by atoms with Gasteiger partial charge in [-0.15, -0.1) is 0 Å². The van der Waals surface area contributed by atoms with Crippen LogP contribution in [0.25, 0.3) is 0 Å². The van der Waals surface area contributed by atoms with Gasteiger partial charge in [-0.2, -0.15) is 4.98 Å². The number of hydrogen-bond donors (Lipinski definition) is 1. The van der Waals surface area contributed by atoms with Crippen molar-refractivity contribution in [3.8, 4) is 11.8 Å². The zero-order valence-electron chi connectivity index (χ0n) is 11.5. The Morgan fingerprint density at radius 2 is 2.19 bits per heavy atom. The van der Waals surface area contributed by atoms with Crippen molar-refractivity contribution in [2.24, 2.45) is 0 Å². The molecule has 2 aromatic rings. The summed E-state index contributed by atoms with van der Waals surface area (Å²) < 4.78 is 6.54. The molecule has 0 radical (unpaired) electrons. The van der Waals surface area contributed by atoms with E-state index in [4.69, 9.17) is 4.74 Å². The van der Waals surface area contributed by atoms with Gasteiger partial charge in [-0.25, -0.2) is 4.98 Å². The first kappa shape index (κ1) is 14.0. The summed E-state index contributed by atoms with van der Waals surface area (Å²) in [5.74, 6) is 0.737. The van der Waals surface area contributed by atoms with Crippen molar-refractivity contribution in [3.63, 3.8) is 0 Å². The predicted octanol–water partition coefficient (Wildman–Crippen LogP) is 3.61. The maximum absolute atomic E-state index is 11.5. The molecule has 1 aliphatic heterocycles. The molecule has 0 unspecified atom stereocenters. The number of carbonyl (C=O) groups excluding carboxylic acids is 1. The molecule has 6 heteroatoms. The molecule has 1 aliphatic rings. The molecule has 1 aromatic carbocycles. The van der Waals surface area contributed by atoms with Crippen LogP contribution in [-0.4, -0.2) is 15.9 Å². The second-order valence-corrected chi connectivity index (χ2v) is 5.76. The molecular weight excluding hydrogens is 334 g/mol. The highest BCUT2D eigenvalue weighted by atomic mass is 79.9. The van der Waals surface area contributed by atoms with E-state index in [2.05, 4.69) is 31.2 Å². The molecule has 0 spiro atoms. The largest absolute Gasteiger partial charge is 0.424 e. The lowest BCUT2D eigenvalue weighted by Crippen LogP contribution is -2.09. The molecule has 0 aliphatic carbocycles. The molecule has 0 bridgehead atoms. The van der Waals surface area contributed by atoms with Crippen LogP contribution in [0.2, 0.25) is 0 Å². The van der Waals surface area contributed by atoms with Crippen LogP contribution < -0.4 is 10.1 Å². The highest BCUT2D eigenvalue weighted by Gasteiger charge is 2.14. The summed E-state index contributed by atoms with van der Waals surface area (Å²) in [4.78, 5) is 19.9. The van der Waals surface area contributed by atoms with Crippen molar-refractivity contribution < 1.29 is 9.53 Å². The third kappa shape index (κ3) is 3.21. The second-order valence-electron chi connectivity index (χ2n) is 4.91. The van der Waals surface area contributed by atoms with Gasteiger partial charge in [0.1, 0.15) is 5.75 Å². The van der Waals surface area contributed by atoms with E-state index < -0.39 is 0 Å². The van der Waals surface area contributed by atoms with Gasteiger partial charge in [-0.05, 0) is 59.5 Å². The molecule has 2 heterocycles. The number of halogens is 1. The Morgan fingerprint density at radius 1 is 1.33 bits per heavy atom. The third-order valence-corrected chi connectivity index (χ3v) is 4.09. The number of nitrogens with one attached hydrogen (secondary N) is 1. The number of carbonyl (C=O) groups is 1. The summed E-state index contributed by atoms with van der Waals surface area (Å²) >= 11 is 3.36. The van der Waals surface area contributed by atoms with Gasteiger partial charge < -0.3 is 10.1 Å². The smallest absolute Gasteiger partial charge is 0.322 e. The normalized spacial score (nSPS) is 14.1. The zero-order chi connectivity index (χ0) is 14.8. The molecule has 1 N–H and O–H groups in total. The predicted molar refractivity (Wildman–Crippen MR) is 82.6 cm³/mol. The van der Waals surface area contributed by atoms with Crippen LogP contribution in [0.1, 0.15) is 24.1 Å². The quantitative estimate of drug-likeness (QED) is 0.900. The van der Waals surface area contributed by atoms with Gasteiger partial charge in [-0.3, -0.25) is 4.79 Å². The first-order chi connectivity index (χ1) is 10.1. The van der Waals surface area contributed by atoms with Crippen LogP contribution in [0.3, 0.4) is 0 Å². The Hall–Kier alpha value is -1.95. The van der Waals surface area contributed by atoms with Crippen LogP contribution >= 0.6 is 15.9 Å². The number of anilines is 1. The topological polar surface area (TPSA) is 64.1 Å². The van der Waals surface area contributed by atoms with Crippen LogP contribution in [0.15, 0.2) is 28.9 Å². The van der Waals surface area contributed by atoms with Crippen molar-refractivity contribution in [1.29, 1.82) is 0 Å². The van der Waals surface area contributed by atoms with Gasteiger partial charge in [0.2, 0.25) is 5.91 Å². The van der Waals surface area contributed by atoms with E-state index >= 15 is 0 Å². The lowest BCUT2D eigenvalue weighted by Gasteiger charge is -2.10. The molecule has 5 nitrogen and oxygen atoms in total. The molecule has 0 atom stereocenters. The molecule has 108 valence electrons. The third-order valence-electron chi connectivity index (χ3n) is 3.31. The number of aromatic nitrogens is 2. The Balaban J connectivity index is 1.85. The average molecular weight is 348 g/mol. The number of benzene rings is 1. The van der Waals surface area contributed by atoms with Crippen molar-refractivity contribution in [2.75, 3.05) is 5.32 Å². The molecule has 0 fully saturated rings. The maximum atomic E-state index is 11.5.